The molecule has 0 heterocycles. The molecule has 0 fully saturated rings. The molecule has 0 aliphatic carbocycles. The van der Waals surface area contributed by atoms with Crippen LogP contribution in [0.5, 0.6) is 0 Å². The zero-order chi connectivity index (χ0) is 26.9. The maximum Gasteiger partial charge on any atom is 0.335 e. The first kappa shape index (κ1) is 28.8. The fourth-order valence-electron chi connectivity index (χ4n) is 2.86. The molecule has 188 valence electrons. The van der Waals surface area contributed by atoms with Crippen LogP contribution in [0, 0.1) is 5.41 Å². The van der Waals surface area contributed by atoms with Crippen molar-refractivity contribution in [1.82, 2.24) is 0 Å². The van der Waals surface area contributed by atoms with Gasteiger partial charge in [0.1, 0.15) is 19.8 Å². The van der Waals surface area contributed by atoms with E-state index < -0.39 is 61.5 Å². The number of hydrogen-bond acceptors (Lipinski definition) is 8. The van der Waals surface area contributed by atoms with Crippen molar-refractivity contribution < 1.29 is 48.4 Å². The van der Waals surface area contributed by atoms with E-state index in [9.17, 15) is 34.2 Å². The summed E-state index contributed by atoms with van der Waals surface area (Å²) in [5, 5.41) is 19.3. The molecule has 10 nitrogen and oxygen atoms in total. The van der Waals surface area contributed by atoms with E-state index in [0.717, 1.165) is 0 Å². The summed E-state index contributed by atoms with van der Waals surface area (Å²) in [6, 6.07) is 3.67. The fourth-order valence-corrected chi connectivity index (χ4v) is 2.86. The van der Waals surface area contributed by atoms with Crippen LogP contribution in [0.2, 0.25) is 0 Å². The van der Waals surface area contributed by atoms with E-state index in [1.54, 1.807) is 0 Å². The predicted molar refractivity (Wildman–Crippen MR) is 124 cm³/mol. The van der Waals surface area contributed by atoms with E-state index in [0.29, 0.717) is 0 Å². The Labute approximate surface area is 202 Å². The number of esters is 3. The molecule has 0 saturated carbocycles. The molecule has 0 bridgehead atoms. The highest BCUT2D eigenvalue weighted by molar-refractivity contribution is 5.96. The molecule has 0 aliphatic heterocycles. The van der Waals surface area contributed by atoms with Gasteiger partial charge < -0.3 is 24.4 Å². The standard InChI is InChI=1S/C25H28O10/c1-14(2)22(30)33-11-25(12-34-23(31)15(3)4,13-35-24(32)16(5)6)10-19-17(20(26)27)8-7-9-18(19)21(28)29/h7-9H,1,3,5,10-13H2,2,4,6H3,(H,26,27)(H,28,29). The van der Waals surface area contributed by atoms with Gasteiger partial charge in [-0.25, -0.2) is 24.0 Å². The van der Waals surface area contributed by atoms with Crippen LogP contribution in [-0.4, -0.2) is 59.9 Å². The number of hydrogen-bond donors (Lipinski definition) is 2. The average molecular weight is 488 g/mol. The number of rotatable bonds is 13. The Morgan fingerprint density at radius 1 is 0.714 bits per heavy atom. The molecule has 1 rings (SSSR count). The normalized spacial score (nSPS) is 10.6. The van der Waals surface area contributed by atoms with Gasteiger partial charge in [-0.1, -0.05) is 25.8 Å². The molecule has 0 saturated heterocycles. The van der Waals surface area contributed by atoms with Crippen LogP contribution >= 0.6 is 0 Å². The Balaban J connectivity index is 3.66. The average Bonchev–Trinajstić information content (AvgIpc) is 2.78. The maximum atomic E-state index is 12.1. The van der Waals surface area contributed by atoms with Crippen molar-refractivity contribution in [3.63, 3.8) is 0 Å². The molecular formula is C25H28O10. The highest BCUT2D eigenvalue weighted by atomic mass is 16.6. The number of carbonyl (C=O) groups is 5. The van der Waals surface area contributed by atoms with Gasteiger partial charge in [0.2, 0.25) is 0 Å². The molecule has 0 aliphatic rings. The van der Waals surface area contributed by atoms with Crippen LogP contribution in [0.1, 0.15) is 47.1 Å². The third-order valence-corrected chi connectivity index (χ3v) is 4.76. The Morgan fingerprint density at radius 2 is 1.03 bits per heavy atom. The van der Waals surface area contributed by atoms with E-state index >= 15 is 0 Å². The molecule has 0 amide bonds. The number of carboxylic acids is 2. The van der Waals surface area contributed by atoms with E-state index in [2.05, 4.69) is 19.7 Å². The van der Waals surface area contributed by atoms with Gasteiger partial charge in [-0.15, -0.1) is 0 Å². The molecule has 0 spiro atoms. The van der Waals surface area contributed by atoms with Crippen molar-refractivity contribution in [3.8, 4) is 0 Å². The Hall–Kier alpha value is -4.21. The van der Waals surface area contributed by atoms with E-state index in [1.807, 2.05) is 0 Å². The SMILES string of the molecule is C=C(C)C(=O)OCC(COC(=O)C(=C)C)(COC(=O)C(=C)C)Cc1c(C(=O)O)cccc1C(=O)O. The summed E-state index contributed by atoms with van der Waals surface area (Å²) in [7, 11) is 0. The number of aromatic carboxylic acids is 2. The third kappa shape index (κ3) is 8.26. The molecule has 0 aromatic heterocycles. The van der Waals surface area contributed by atoms with Gasteiger partial charge in [0.25, 0.3) is 0 Å². The van der Waals surface area contributed by atoms with Gasteiger partial charge >= 0.3 is 29.8 Å². The minimum Gasteiger partial charge on any atom is -0.478 e. The summed E-state index contributed by atoms with van der Waals surface area (Å²) in [6.45, 7) is 13.1. The molecular weight excluding hydrogens is 460 g/mol. The molecule has 35 heavy (non-hydrogen) atoms. The predicted octanol–water partition coefficient (Wildman–Crippen LogP) is 2.97. The van der Waals surface area contributed by atoms with Crippen LogP contribution in [0.3, 0.4) is 0 Å². The second-order valence-corrected chi connectivity index (χ2v) is 8.19. The fraction of sp³-hybridized carbons (Fsp3) is 0.320. The van der Waals surface area contributed by atoms with Gasteiger partial charge in [-0.2, -0.15) is 0 Å². The lowest BCUT2D eigenvalue weighted by molar-refractivity contribution is -0.157. The van der Waals surface area contributed by atoms with Crippen molar-refractivity contribution in [3.05, 3.63) is 71.3 Å². The molecule has 0 unspecified atom stereocenters. The second-order valence-electron chi connectivity index (χ2n) is 8.19. The quantitative estimate of drug-likeness (QED) is 0.241. The van der Waals surface area contributed by atoms with Gasteiger partial charge in [0, 0.05) is 16.7 Å². The monoisotopic (exact) mass is 488 g/mol. The van der Waals surface area contributed by atoms with Gasteiger partial charge in [-0.3, -0.25) is 0 Å². The van der Waals surface area contributed by atoms with Crippen LogP contribution < -0.4 is 0 Å². The smallest absolute Gasteiger partial charge is 0.335 e. The highest BCUT2D eigenvalue weighted by Gasteiger charge is 2.39. The van der Waals surface area contributed by atoms with Crippen molar-refractivity contribution in [2.75, 3.05) is 19.8 Å². The zero-order valence-corrected chi connectivity index (χ0v) is 19.8. The van der Waals surface area contributed by atoms with Gasteiger partial charge in [-0.05, 0) is 44.9 Å². The lowest BCUT2D eigenvalue weighted by Crippen LogP contribution is -2.42. The second kappa shape index (κ2) is 12.3. The third-order valence-electron chi connectivity index (χ3n) is 4.76. The maximum absolute atomic E-state index is 12.1. The molecule has 1 aromatic rings. The van der Waals surface area contributed by atoms with Crippen molar-refractivity contribution >= 4 is 29.8 Å². The first-order valence-electron chi connectivity index (χ1n) is 10.3. The minimum absolute atomic E-state index is 0.0499. The van der Waals surface area contributed by atoms with Crippen LogP contribution in [0.15, 0.2) is 54.7 Å². The van der Waals surface area contributed by atoms with Gasteiger partial charge in [0.15, 0.2) is 0 Å². The summed E-state index contributed by atoms with van der Waals surface area (Å²) in [5.41, 5.74) is -2.24. The summed E-state index contributed by atoms with van der Waals surface area (Å²) in [5.74, 6) is -5.24. The Morgan fingerprint density at radius 3 is 1.29 bits per heavy atom. The zero-order valence-electron chi connectivity index (χ0n) is 19.8. The number of ether oxygens (including phenoxy) is 3. The topological polar surface area (TPSA) is 154 Å². The van der Waals surface area contributed by atoms with Crippen molar-refractivity contribution in [1.29, 1.82) is 0 Å². The summed E-state index contributed by atoms with van der Waals surface area (Å²) < 4.78 is 15.8. The Bertz CT molecular complexity index is 973. The molecule has 0 atom stereocenters. The van der Waals surface area contributed by atoms with Crippen LogP contribution in [0.4, 0.5) is 0 Å². The molecule has 2 N–H and O–H groups in total. The first-order chi connectivity index (χ1) is 16.2. The largest absolute Gasteiger partial charge is 0.478 e. The van der Waals surface area contributed by atoms with Crippen molar-refractivity contribution in [2.45, 2.75) is 27.2 Å². The minimum atomic E-state index is -1.57. The van der Waals surface area contributed by atoms with E-state index in [1.165, 1.54) is 39.0 Å². The lowest BCUT2D eigenvalue weighted by Gasteiger charge is -2.33. The van der Waals surface area contributed by atoms with Crippen molar-refractivity contribution in [2.24, 2.45) is 5.41 Å². The summed E-state index contributed by atoms with van der Waals surface area (Å²) in [6.07, 6.45) is -0.409. The summed E-state index contributed by atoms with van der Waals surface area (Å²) >= 11 is 0. The van der Waals surface area contributed by atoms with E-state index in [4.69, 9.17) is 14.2 Å². The summed E-state index contributed by atoms with van der Waals surface area (Å²) in [4.78, 5) is 60.1. The molecule has 0 radical (unpaired) electrons. The lowest BCUT2D eigenvalue weighted by atomic mass is 9.80. The van der Waals surface area contributed by atoms with Gasteiger partial charge in [0.05, 0.1) is 16.5 Å². The van der Waals surface area contributed by atoms with Crippen LogP contribution in [-0.2, 0) is 35.0 Å². The number of benzene rings is 1. The molecule has 1 aromatic carbocycles. The number of carboxylic acid groups (broad SMARTS) is 2. The first-order valence-corrected chi connectivity index (χ1v) is 10.3. The Kier molecular flexibility index (Phi) is 10.1. The highest BCUT2D eigenvalue weighted by Crippen LogP contribution is 2.30. The van der Waals surface area contributed by atoms with Crippen LogP contribution in [0.25, 0.3) is 0 Å². The van der Waals surface area contributed by atoms with E-state index in [-0.39, 0.29) is 33.4 Å². The molecule has 10 heteroatoms. The number of carbonyl (C=O) groups excluding carboxylic acids is 3.